The van der Waals surface area contributed by atoms with Crippen molar-refractivity contribution in [1.29, 1.82) is 0 Å². The SMILES string of the molecule is Oc1cccc(CCN2CCN(Cc3ccccc3)CC2)c1C1CCCCC1. The molecule has 2 aliphatic rings. The van der Waals surface area contributed by atoms with Crippen molar-refractivity contribution in [2.75, 3.05) is 32.7 Å². The van der Waals surface area contributed by atoms with Gasteiger partial charge in [-0.1, -0.05) is 61.7 Å². The van der Waals surface area contributed by atoms with Crippen LogP contribution in [0.1, 0.15) is 54.7 Å². The van der Waals surface area contributed by atoms with Gasteiger partial charge in [-0.2, -0.15) is 0 Å². The normalized spacial score (nSPS) is 19.7. The topological polar surface area (TPSA) is 26.7 Å². The van der Waals surface area contributed by atoms with Gasteiger partial charge >= 0.3 is 0 Å². The third kappa shape index (κ3) is 4.95. The molecule has 0 spiro atoms. The lowest BCUT2D eigenvalue weighted by atomic mass is 9.81. The maximum absolute atomic E-state index is 10.5. The summed E-state index contributed by atoms with van der Waals surface area (Å²) in [5.74, 6) is 1.09. The maximum Gasteiger partial charge on any atom is 0.119 e. The minimum Gasteiger partial charge on any atom is -0.508 e. The number of aromatic hydroxyl groups is 1. The second-order valence-electron chi connectivity index (χ2n) is 8.54. The fourth-order valence-electron chi connectivity index (χ4n) is 4.97. The second kappa shape index (κ2) is 9.58. The molecule has 1 aliphatic carbocycles. The Morgan fingerprint density at radius 2 is 1.50 bits per heavy atom. The van der Waals surface area contributed by atoms with E-state index in [1.165, 1.54) is 48.8 Å². The molecule has 1 saturated heterocycles. The van der Waals surface area contributed by atoms with Crippen LogP contribution < -0.4 is 0 Å². The maximum atomic E-state index is 10.5. The molecule has 3 nitrogen and oxygen atoms in total. The molecule has 1 aliphatic heterocycles. The first-order valence-corrected chi connectivity index (χ1v) is 11.1. The van der Waals surface area contributed by atoms with Crippen LogP contribution in [0, 0.1) is 0 Å². The van der Waals surface area contributed by atoms with E-state index in [1.54, 1.807) is 0 Å². The second-order valence-corrected chi connectivity index (χ2v) is 8.54. The van der Waals surface area contributed by atoms with E-state index in [1.807, 2.05) is 12.1 Å². The third-order valence-electron chi connectivity index (χ3n) is 6.60. The van der Waals surface area contributed by atoms with Crippen molar-refractivity contribution in [1.82, 2.24) is 9.80 Å². The molecular formula is C25H34N2O. The summed E-state index contributed by atoms with van der Waals surface area (Å²) in [6, 6.07) is 16.9. The van der Waals surface area contributed by atoms with Crippen LogP contribution in [0.4, 0.5) is 0 Å². The van der Waals surface area contributed by atoms with Gasteiger partial charge in [0, 0.05) is 44.8 Å². The third-order valence-corrected chi connectivity index (χ3v) is 6.60. The van der Waals surface area contributed by atoms with E-state index in [9.17, 15) is 5.11 Å². The standard InChI is InChI=1S/C25H34N2O/c28-24-13-7-12-23(25(24)22-10-5-2-6-11-22)14-15-26-16-18-27(19-17-26)20-21-8-3-1-4-9-21/h1,3-4,7-9,12-13,22,28H,2,5-6,10-11,14-20H2. The van der Waals surface area contributed by atoms with Gasteiger partial charge < -0.3 is 10.0 Å². The predicted octanol–water partition coefficient (Wildman–Crippen LogP) is 4.80. The lowest BCUT2D eigenvalue weighted by Gasteiger charge is -2.35. The average molecular weight is 379 g/mol. The number of phenols is 1. The zero-order chi connectivity index (χ0) is 19.2. The van der Waals surface area contributed by atoms with E-state index in [0.29, 0.717) is 11.7 Å². The Labute approximate surface area is 170 Å². The number of hydrogen-bond donors (Lipinski definition) is 1. The van der Waals surface area contributed by atoms with E-state index < -0.39 is 0 Å². The average Bonchev–Trinajstić information content (AvgIpc) is 2.75. The van der Waals surface area contributed by atoms with Crippen LogP contribution in [0.15, 0.2) is 48.5 Å². The van der Waals surface area contributed by atoms with E-state index in [-0.39, 0.29) is 0 Å². The molecule has 2 fully saturated rings. The molecule has 3 heteroatoms. The molecule has 0 amide bonds. The Morgan fingerprint density at radius 1 is 0.786 bits per heavy atom. The summed E-state index contributed by atoms with van der Waals surface area (Å²) in [4.78, 5) is 5.16. The van der Waals surface area contributed by atoms with Crippen LogP contribution in [-0.4, -0.2) is 47.6 Å². The van der Waals surface area contributed by atoms with Crippen molar-refractivity contribution in [3.05, 3.63) is 65.2 Å². The van der Waals surface area contributed by atoms with Crippen molar-refractivity contribution < 1.29 is 5.11 Å². The molecule has 2 aromatic rings. The number of rotatable bonds is 6. The molecule has 1 heterocycles. The largest absolute Gasteiger partial charge is 0.508 e. The predicted molar refractivity (Wildman–Crippen MR) is 116 cm³/mol. The molecule has 28 heavy (non-hydrogen) atoms. The summed E-state index contributed by atoms with van der Waals surface area (Å²) < 4.78 is 0. The molecule has 2 aromatic carbocycles. The highest BCUT2D eigenvalue weighted by Gasteiger charge is 2.22. The van der Waals surface area contributed by atoms with E-state index >= 15 is 0 Å². The highest BCUT2D eigenvalue weighted by molar-refractivity contribution is 5.42. The van der Waals surface area contributed by atoms with Crippen LogP contribution in [0.25, 0.3) is 0 Å². The van der Waals surface area contributed by atoms with Gasteiger partial charge in [0.25, 0.3) is 0 Å². The van der Waals surface area contributed by atoms with Crippen LogP contribution >= 0.6 is 0 Å². The van der Waals surface area contributed by atoms with Crippen molar-refractivity contribution >= 4 is 0 Å². The highest BCUT2D eigenvalue weighted by Crippen LogP contribution is 2.39. The number of nitrogens with zero attached hydrogens (tertiary/aromatic N) is 2. The van der Waals surface area contributed by atoms with Crippen molar-refractivity contribution in [3.63, 3.8) is 0 Å². The van der Waals surface area contributed by atoms with Gasteiger partial charge in [-0.25, -0.2) is 0 Å². The summed E-state index contributed by atoms with van der Waals surface area (Å²) in [5.41, 5.74) is 4.04. The fourth-order valence-corrected chi connectivity index (χ4v) is 4.97. The molecule has 0 unspecified atom stereocenters. The number of phenolic OH excluding ortho intramolecular Hbond substituents is 1. The number of piperazine rings is 1. The minimum atomic E-state index is 0.525. The molecule has 1 N–H and O–H groups in total. The Balaban J connectivity index is 1.30. The first kappa shape index (κ1) is 19.5. The van der Waals surface area contributed by atoms with E-state index in [2.05, 4.69) is 46.2 Å². The molecule has 1 saturated carbocycles. The van der Waals surface area contributed by atoms with Crippen molar-refractivity contribution in [2.45, 2.75) is 51.0 Å². The monoisotopic (exact) mass is 378 g/mol. The number of hydrogen-bond acceptors (Lipinski definition) is 3. The molecule has 4 rings (SSSR count). The smallest absolute Gasteiger partial charge is 0.119 e. The highest BCUT2D eigenvalue weighted by atomic mass is 16.3. The van der Waals surface area contributed by atoms with Crippen LogP contribution in [0.3, 0.4) is 0 Å². The zero-order valence-electron chi connectivity index (χ0n) is 17.0. The summed E-state index contributed by atoms with van der Waals surface area (Å²) in [6.07, 6.45) is 7.50. The van der Waals surface area contributed by atoms with Crippen LogP contribution in [0.2, 0.25) is 0 Å². The van der Waals surface area contributed by atoms with Gasteiger partial charge in [-0.3, -0.25) is 4.90 Å². The van der Waals surface area contributed by atoms with Gasteiger partial charge in [-0.05, 0) is 42.4 Å². The lowest BCUT2D eigenvalue weighted by molar-refractivity contribution is 0.128. The minimum absolute atomic E-state index is 0.525. The van der Waals surface area contributed by atoms with Crippen LogP contribution in [0.5, 0.6) is 5.75 Å². The van der Waals surface area contributed by atoms with Gasteiger partial charge in [0.2, 0.25) is 0 Å². The summed E-state index contributed by atoms with van der Waals surface area (Å²) in [7, 11) is 0. The van der Waals surface area contributed by atoms with E-state index in [0.717, 1.165) is 45.7 Å². The quantitative estimate of drug-likeness (QED) is 0.782. The zero-order valence-corrected chi connectivity index (χ0v) is 17.0. The molecule has 0 atom stereocenters. The molecule has 150 valence electrons. The van der Waals surface area contributed by atoms with E-state index in [4.69, 9.17) is 0 Å². The Hall–Kier alpha value is -1.84. The van der Waals surface area contributed by atoms with Gasteiger partial charge in [0.15, 0.2) is 0 Å². The molecule has 0 aromatic heterocycles. The van der Waals surface area contributed by atoms with Crippen molar-refractivity contribution in [2.24, 2.45) is 0 Å². The summed E-state index contributed by atoms with van der Waals surface area (Å²) in [5, 5.41) is 10.5. The first-order chi connectivity index (χ1) is 13.8. The van der Waals surface area contributed by atoms with Gasteiger partial charge in [-0.15, -0.1) is 0 Å². The van der Waals surface area contributed by atoms with Gasteiger partial charge in [0.1, 0.15) is 5.75 Å². The van der Waals surface area contributed by atoms with Crippen molar-refractivity contribution in [3.8, 4) is 5.75 Å². The van der Waals surface area contributed by atoms with Crippen LogP contribution in [-0.2, 0) is 13.0 Å². The fraction of sp³-hybridized carbons (Fsp3) is 0.520. The van der Waals surface area contributed by atoms with Gasteiger partial charge in [0.05, 0.1) is 0 Å². The lowest BCUT2D eigenvalue weighted by Crippen LogP contribution is -2.46. The Morgan fingerprint density at radius 3 is 2.25 bits per heavy atom. The molecular weight excluding hydrogens is 344 g/mol. The Bertz CT molecular complexity index is 731. The summed E-state index contributed by atoms with van der Waals surface area (Å²) >= 11 is 0. The first-order valence-electron chi connectivity index (χ1n) is 11.1. The Kier molecular flexibility index (Phi) is 6.66. The number of benzene rings is 2. The molecule has 0 bridgehead atoms. The summed E-state index contributed by atoms with van der Waals surface area (Å²) in [6.45, 7) is 6.74. The molecule has 0 radical (unpaired) electrons.